The van der Waals surface area contributed by atoms with Gasteiger partial charge in [-0.25, -0.2) is 0 Å². The summed E-state index contributed by atoms with van der Waals surface area (Å²) in [6.07, 6.45) is 3.02. The highest BCUT2D eigenvalue weighted by Crippen LogP contribution is 2.43. The maximum atomic E-state index is 13.2. The topological polar surface area (TPSA) is 113 Å². The maximum absolute atomic E-state index is 13.2. The molecule has 240 valence electrons. The van der Waals surface area contributed by atoms with Gasteiger partial charge >= 0.3 is 0 Å². The van der Waals surface area contributed by atoms with E-state index < -0.39 is 22.8 Å². The molecule has 0 fully saturated rings. The molecule has 8 nitrogen and oxygen atoms in total. The Morgan fingerprint density at radius 1 is 0.955 bits per heavy atom. The molecule has 3 rings (SSSR count). The fourth-order valence-electron chi connectivity index (χ4n) is 6.43. The summed E-state index contributed by atoms with van der Waals surface area (Å²) in [5.41, 5.74) is 5.44. The van der Waals surface area contributed by atoms with Crippen LogP contribution in [-0.2, 0) is 10.3 Å². The molecule has 2 atom stereocenters. The number of aliphatic hydroxyl groups is 1. The Hall–Kier alpha value is -3.94. The molecule has 1 amide bonds. The number of para-hydroxylation sites is 2. The van der Waals surface area contributed by atoms with Gasteiger partial charge in [-0.3, -0.25) is 9.59 Å². The van der Waals surface area contributed by atoms with E-state index in [1.54, 1.807) is 6.07 Å². The van der Waals surface area contributed by atoms with E-state index in [2.05, 4.69) is 52.7 Å². The zero-order chi connectivity index (χ0) is 33.0. The van der Waals surface area contributed by atoms with Crippen LogP contribution in [0.25, 0.3) is 10.9 Å². The molecule has 0 saturated carbocycles. The van der Waals surface area contributed by atoms with Crippen LogP contribution in [0, 0.1) is 12.8 Å². The van der Waals surface area contributed by atoms with Gasteiger partial charge in [-0.1, -0.05) is 52.5 Å². The zero-order valence-electron chi connectivity index (χ0n) is 27.9. The summed E-state index contributed by atoms with van der Waals surface area (Å²) in [4.78, 5) is 25.4. The third-order valence-electron chi connectivity index (χ3n) is 8.33. The van der Waals surface area contributed by atoms with Crippen LogP contribution in [0.3, 0.4) is 0 Å². The molecule has 0 saturated heterocycles. The number of hydrogen-bond acceptors (Lipinski definition) is 6. The van der Waals surface area contributed by atoms with Crippen molar-refractivity contribution in [1.29, 1.82) is 0 Å². The van der Waals surface area contributed by atoms with Crippen LogP contribution in [0.2, 0.25) is 0 Å². The minimum atomic E-state index is -1.05. The van der Waals surface area contributed by atoms with Crippen LogP contribution in [-0.4, -0.2) is 39.2 Å². The number of rotatable bonds is 16. The van der Waals surface area contributed by atoms with E-state index in [0.717, 1.165) is 12.8 Å². The molecule has 0 aliphatic carbocycles. The number of aromatic nitrogens is 1. The first kappa shape index (κ1) is 34.5. The Labute approximate surface area is 262 Å². The number of aliphatic hydroxyl groups excluding tert-OH is 1. The Bertz CT molecular complexity index is 1520. The van der Waals surface area contributed by atoms with Crippen molar-refractivity contribution in [2.24, 2.45) is 11.7 Å². The van der Waals surface area contributed by atoms with Crippen molar-refractivity contribution in [2.75, 3.05) is 6.61 Å². The molecule has 0 spiro atoms. The van der Waals surface area contributed by atoms with Crippen molar-refractivity contribution >= 4 is 22.6 Å². The molecule has 0 bridgehead atoms. The Morgan fingerprint density at radius 2 is 1.55 bits per heavy atom. The highest BCUT2D eigenvalue weighted by Gasteiger charge is 2.39. The van der Waals surface area contributed by atoms with E-state index in [0.29, 0.717) is 52.6 Å². The molecule has 0 radical (unpaired) electrons. The fourth-order valence-corrected chi connectivity index (χ4v) is 6.43. The van der Waals surface area contributed by atoms with Crippen molar-refractivity contribution < 1.29 is 28.9 Å². The number of carbonyl (C=O) groups is 2. The van der Waals surface area contributed by atoms with E-state index in [1.807, 2.05) is 57.2 Å². The van der Waals surface area contributed by atoms with Crippen LogP contribution < -0.4 is 19.9 Å². The highest BCUT2D eigenvalue weighted by atomic mass is 16.5. The Balaban J connectivity index is 2.10. The lowest BCUT2D eigenvalue weighted by Gasteiger charge is -2.40. The predicted molar refractivity (Wildman–Crippen MR) is 176 cm³/mol. The van der Waals surface area contributed by atoms with Gasteiger partial charge in [-0.05, 0) is 84.1 Å². The quantitative estimate of drug-likeness (QED) is 0.0969. The number of nitrogens with two attached hydrogens (primary N) is 1. The minimum Gasteiger partial charge on any atom is -0.509 e. The molecule has 0 aliphatic heterocycles. The molecule has 3 aromatic rings. The van der Waals surface area contributed by atoms with Gasteiger partial charge in [0, 0.05) is 17.7 Å². The molecule has 2 aromatic carbocycles. The molecule has 2 unspecified atom stereocenters. The second kappa shape index (κ2) is 13.4. The molecule has 1 aromatic heterocycles. The number of amides is 1. The zero-order valence-corrected chi connectivity index (χ0v) is 27.9. The SMILES string of the molecule is C=C(O)COc1cccc2c1c(C(=O)C(N)=O)c(C)n2C(C)(CC)CC(C)(C)Oc1ccccc1OC(C)(CC)CC(C)C. The highest BCUT2D eigenvalue weighted by molar-refractivity contribution is 6.45. The maximum Gasteiger partial charge on any atom is 0.289 e. The van der Waals surface area contributed by atoms with Crippen LogP contribution in [0.1, 0.15) is 97.1 Å². The number of primary amides is 1. The average molecular weight is 607 g/mol. The van der Waals surface area contributed by atoms with Gasteiger partial charge in [-0.2, -0.15) is 0 Å². The molecular formula is C36H50N2O6. The summed E-state index contributed by atoms with van der Waals surface area (Å²) in [5, 5.41) is 10.1. The third-order valence-corrected chi connectivity index (χ3v) is 8.33. The normalized spacial score (nSPS) is 14.6. The van der Waals surface area contributed by atoms with Gasteiger partial charge in [0.05, 0.1) is 16.5 Å². The second-order valence-corrected chi connectivity index (χ2v) is 13.3. The van der Waals surface area contributed by atoms with Gasteiger partial charge in [0.2, 0.25) is 0 Å². The smallest absolute Gasteiger partial charge is 0.289 e. The van der Waals surface area contributed by atoms with E-state index in [1.165, 1.54) is 0 Å². The number of nitrogens with zero attached hydrogens (tertiary/aromatic N) is 1. The molecule has 1 heterocycles. The summed E-state index contributed by atoms with van der Waals surface area (Å²) in [5.74, 6) is 0.185. The first-order chi connectivity index (χ1) is 20.5. The van der Waals surface area contributed by atoms with Crippen molar-refractivity contribution in [1.82, 2.24) is 4.57 Å². The standard InChI is InChI=1S/C36H50N2O6/c1-11-35(9,22-34(7,8)43-27-17-13-14-18-28(27)44-36(10,12-2)20-23(3)4)38-25(6)30(32(40)33(37)41)31-26(38)16-15-19-29(31)42-21-24(5)39/h13-19,23,39H,5,11-12,20-22H2,1-4,6-10H3,(H2,37,41). The van der Waals surface area contributed by atoms with E-state index >= 15 is 0 Å². The number of benzene rings is 2. The second-order valence-electron chi connectivity index (χ2n) is 13.3. The van der Waals surface area contributed by atoms with Gasteiger partial charge < -0.3 is 29.6 Å². The Kier molecular flexibility index (Phi) is 10.5. The average Bonchev–Trinajstić information content (AvgIpc) is 3.24. The third kappa shape index (κ3) is 7.58. The van der Waals surface area contributed by atoms with Crippen LogP contribution in [0.15, 0.2) is 54.8 Å². The molecular weight excluding hydrogens is 556 g/mol. The fraction of sp³-hybridized carbons (Fsp3) is 0.500. The van der Waals surface area contributed by atoms with Gasteiger partial charge in [0.15, 0.2) is 11.5 Å². The number of ketones is 1. The lowest BCUT2D eigenvalue weighted by atomic mass is 9.84. The minimum absolute atomic E-state index is 0.158. The predicted octanol–water partition coefficient (Wildman–Crippen LogP) is 8.03. The van der Waals surface area contributed by atoms with E-state index in [9.17, 15) is 14.7 Å². The molecule has 3 N–H and O–H groups in total. The van der Waals surface area contributed by atoms with E-state index in [-0.39, 0.29) is 23.5 Å². The van der Waals surface area contributed by atoms with Crippen molar-refractivity contribution in [2.45, 2.75) is 105 Å². The summed E-state index contributed by atoms with van der Waals surface area (Å²) < 4.78 is 21.3. The largest absolute Gasteiger partial charge is 0.509 e. The molecule has 0 aliphatic rings. The van der Waals surface area contributed by atoms with Crippen molar-refractivity contribution in [3.8, 4) is 17.2 Å². The Morgan fingerprint density at radius 3 is 2.07 bits per heavy atom. The summed E-state index contributed by atoms with van der Waals surface area (Å²) in [6.45, 7) is 22.1. The molecule has 44 heavy (non-hydrogen) atoms. The van der Waals surface area contributed by atoms with Gasteiger partial charge in [0.1, 0.15) is 29.3 Å². The number of hydrogen-bond donors (Lipinski definition) is 2. The number of fused-ring (bicyclic) bond motifs is 1. The first-order valence-corrected chi connectivity index (χ1v) is 15.4. The summed E-state index contributed by atoms with van der Waals surface area (Å²) in [7, 11) is 0. The van der Waals surface area contributed by atoms with E-state index in [4.69, 9.17) is 19.9 Å². The first-order valence-electron chi connectivity index (χ1n) is 15.4. The monoisotopic (exact) mass is 606 g/mol. The lowest BCUT2D eigenvalue weighted by molar-refractivity contribution is -0.114. The van der Waals surface area contributed by atoms with Crippen LogP contribution in [0.4, 0.5) is 0 Å². The number of carbonyl (C=O) groups excluding carboxylic acids is 2. The van der Waals surface area contributed by atoms with Crippen LogP contribution in [0.5, 0.6) is 17.2 Å². The number of Topliss-reactive ketones (excluding diaryl/α,β-unsaturated/α-hetero) is 1. The number of ether oxygens (including phenoxy) is 3. The molecule has 8 heteroatoms. The van der Waals surface area contributed by atoms with Gasteiger partial charge in [0.25, 0.3) is 11.7 Å². The van der Waals surface area contributed by atoms with Crippen molar-refractivity contribution in [3.63, 3.8) is 0 Å². The van der Waals surface area contributed by atoms with Crippen molar-refractivity contribution in [3.05, 3.63) is 66.1 Å². The van der Waals surface area contributed by atoms with Crippen LogP contribution >= 0.6 is 0 Å². The summed E-state index contributed by atoms with van der Waals surface area (Å²) >= 11 is 0. The summed E-state index contributed by atoms with van der Waals surface area (Å²) in [6, 6.07) is 13.2. The lowest BCUT2D eigenvalue weighted by Crippen LogP contribution is -2.42. The van der Waals surface area contributed by atoms with Gasteiger partial charge in [-0.15, -0.1) is 0 Å².